The van der Waals surface area contributed by atoms with E-state index in [1.807, 2.05) is 66.4 Å². The summed E-state index contributed by atoms with van der Waals surface area (Å²) < 4.78 is 17.3. The number of hydrogen-bond donors (Lipinski definition) is 2. The number of aliphatic carboxylic acids is 1. The van der Waals surface area contributed by atoms with Gasteiger partial charge in [0, 0.05) is 24.2 Å². The average Bonchev–Trinajstić information content (AvgIpc) is 3.58. The van der Waals surface area contributed by atoms with Gasteiger partial charge in [-0.1, -0.05) is 50.2 Å². The number of rotatable bonds is 11. The second-order valence-electron chi connectivity index (χ2n) is 11.9. The smallest absolute Gasteiger partial charge is 0.309 e. The van der Waals surface area contributed by atoms with Crippen LogP contribution in [0.2, 0.25) is 0 Å². The fourth-order valence-electron chi connectivity index (χ4n) is 6.66. The zero-order valence-electron chi connectivity index (χ0n) is 25.1. The van der Waals surface area contributed by atoms with Crippen LogP contribution in [0.25, 0.3) is 0 Å². The molecule has 3 aliphatic rings. The van der Waals surface area contributed by atoms with Crippen molar-refractivity contribution in [1.29, 1.82) is 0 Å². The summed E-state index contributed by atoms with van der Waals surface area (Å²) in [6.07, 6.45) is 4.02. The Kier molecular flexibility index (Phi) is 8.30. The number of ether oxygens (including phenoxy) is 3. The minimum Gasteiger partial charge on any atom is -0.493 e. The molecular weight excluding hydrogens is 544 g/mol. The van der Waals surface area contributed by atoms with Crippen molar-refractivity contribution in [2.45, 2.75) is 58.4 Å². The van der Waals surface area contributed by atoms with E-state index in [2.05, 4.69) is 19.2 Å². The fraction of sp³-hybridized carbons (Fsp3) is 0.429. The van der Waals surface area contributed by atoms with Crippen molar-refractivity contribution in [3.8, 4) is 17.2 Å². The Morgan fingerprint density at radius 1 is 1.00 bits per heavy atom. The van der Waals surface area contributed by atoms with Gasteiger partial charge in [0.05, 0.1) is 19.1 Å². The van der Waals surface area contributed by atoms with Gasteiger partial charge in [-0.05, 0) is 84.5 Å². The molecule has 0 aromatic heterocycles. The van der Waals surface area contributed by atoms with Crippen LogP contribution in [0.3, 0.4) is 0 Å². The molecule has 8 heteroatoms. The van der Waals surface area contributed by atoms with E-state index in [1.165, 1.54) is 12.8 Å². The van der Waals surface area contributed by atoms with Crippen molar-refractivity contribution in [2.24, 2.45) is 11.8 Å². The van der Waals surface area contributed by atoms with Crippen molar-refractivity contribution in [2.75, 3.05) is 31.8 Å². The molecule has 1 saturated heterocycles. The molecule has 1 amide bonds. The van der Waals surface area contributed by atoms with Crippen LogP contribution in [0.5, 0.6) is 17.2 Å². The number of nitrogens with zero attached hydrogens (tertiary/aromatic N) is 1. The minimum atomic E-state index is -0.895. The maximum atomic E-state index is 13.7. The molecule has 43 heavy (non-hydrogen) atoms. The van der Waals surface area contributed by atoms with Crippen LogP contribution >= 0.6 is 0 Å². The summed E-state index contributed by atoms with van der Waals surface area (Å²) in [5, 5.41) is 13.9. The van der Waals surface area contributed by atoms with E-state index in [9.17, 15) is 14.7 Å². The second-order valence-corrected chi connectivity index (χ2v) is 11.9. The lowest BCUT2D eigenvalue weighted by Gasteiger charge is -2.27. The third-order valence-corrected chi connectivity index (χ3v) is 9.13. The largest absolute Gasteiger partial charge is 0.493 e. The Balaban J connectivity index is 1.33. The SMILES string of the molecule is CCc1cccc(CC)c1NC(=O)CN1C[C@H](c2ccc3c(c2C)OCO3)C(C(=O)O)[C@@H]1c1ccc(OCC2CC2)cc1. The quantitative estimate of drug-likeness (QED) is 0.280. The van der Waals surface area contributed by atoms with Gasteiger partial charge < -0.3 is 24.6 Å². The molecule has 0 radical (unpaired) electrons. The maximum absolute atomic E-state index is 13.7. The number of aryl methyl sites for hydroxylation is 2. The molecule has 8 nitrogen and oxygen atoms in total. The first-order valence-corrected chi connectivity index (χ1v) is 15.4. The highest BCUT2D eigenvalue weighted by Crippen LogP contribution is 2.49. The molecular formula is C35H40N2O6. The van der Waals surface area contributed by atoms with Crippen LogP contribution < -0.4 is 19.5 Å². The number of fused-ring (bicyclic) bond motifs is 1. The molecule has 3 aromatic rings. The first kappa shape index (κ1) is 29.1. The van der Waals surface area contributed by atoms with Crippen LogP contribution in [0.1, 0.15) is 66.5 Å². The maximum Gasteiger partial charge on any atom is 0.309 e. The van der Waals surface area contributed by atoms with E-state index in [0.717, 1.165) is 52.1 Å². The Labute approximate surface area is 252 Å². The second kappa shape index (κ2) is 12.3. The zero-order valence-corrected chi connectivity index (χ0v) is 25.1. The van der Waals surface area contributed by atoms with Crippen molar-refractivity contribution < 1.29 is 28.9 Å². The molecule has 2 aliphatic heterocycles. The number of carboxylic acid groups (broad SMARTS) is 1. The van der Waals surface area contributed by atoms with E-state index in [1.54, 1.807) is 0 Å². The average molecular weight is 585 g/mol. The first-order chi connectivity index (χ1) is 20.9. The number of carbonyl (C=O) groups excluding carboxylic acids is 1. The van der Waals surface area contributed by atoms with Crippen molar-refractivity contribution in [1.82, 2.24) is 4.90 Å². The fourth-order valence-corrected chi connectivity index (χ4v) is 6.66. The molecule has 0 spiro atoms. The number of para-hydroxylation sites is 1. The predicted molar refractivity (Wildman–Crippen MR) is 164 cm³/mol. The van der Waals surface area contributed by atoms with Gasteiger partial charge in [0.25, 0.3) is 0 Å². The molecule has 1 saturated carbocycles. The van der Waals surface area contributed by atoms with E-state index in [4.69, 9.17) is 14.2 Å². The Hall–Kier alpha value is -4.04. The summed E-state index contributed by atoms with van der Waals surface area (Å²) in [5.41, 5.74) is 5.67. The molecule has 1 aliphatic carbocycles. The number of benzene rings is 3. The van der Waals surface area contributed by atoms with Crippen molar-refractivity contribution >= 4 is 17.6 Å². The summed E-state index contributed by atoms with van der Waals surface area (Å²) >= 11 is 0. The lowest BCUT2D eigenvalue weighted by atomic mass is 9.81. The van der Waals surface area contributed by atoms with E-state index < -0.39 is 17.9 Å². The lowest BCUT2D eigenvalue weighted by molar-refractivity contribution is -0.143. The van der Waals surface area contributed by atoms with Gasteiger partial charge in [-0.3, -0.25) is 14.5 Å². The van der Waals surface area contributed by atoms with Crippen molar-refractivity contribution in [3.63, 3.8) is 0 Å². The highest BCUT2D eigenvalue weighted by atomic mass is 16.7. The highest BCUT2D eigenvalue weighted by Gasteiger charge is 2.48. The third kappa shape index (κ3) is 5.93. The number of hydrogen-bond acceptors (Lipinski definition) is 6. The van der Waals surface area contributed by atoms with Gasteiger partial charge in [0.2, 0.25) is 12.7 Å². The molecule has 2 N–H and O–H groups in total. The molecule has 2 fully saturated rings. The molecule has 0 bridgehead atoms. The number of carboxylic acids is 1. The summed E-state index contributed by atoms with van der Waals surface area (Å²) in [6.45, 7) is 7.43. The van der Waals surface area contributed by atoms with Gasteiger partial charge in [0.15, 0.2) is 11.5 Å². The molecule has 226 valence electrons. The molecule has 2 heterocycles. The van der Waals surface area contributed by atoms with Gasteiger partial charge in [-0.2, -0.15) is 0 Å². The summed E-state index contributed by atoms with van der Waals surface area (Å²) in [6, 6.07) is 17.1. The normalized spacial score (nSPS) is 21.1. The number of likely N-dealkylation sites (tertiary alicyclic amines) is 1. The van der Waals surface area contributed by atoms with E-state index in [-0.39, 0.29) is 25.2 Å². The summed E-state index contributed by atoms with van der Waals surface area (Å²) in [4.78, 5) is 28.7. The third-order valence-electron chi connectivity index (χ3n) is 9.13. The number of amides is 1. The molecule has 1 unspecified atom stereocenters. The van der Waals surface area contributed by atoms with Crippen LogP contribution in [0.4, 0.5) is 5.69 Å². The Morgan fingerprint density at radius 2 is 1.72 bits per heavy atom. The van der Waals surface area contributed by atoms with Gasteiger partial charge in [0.1, 0.15) is 5.75 Å². The number of nitrogens with one attached hydrogen (secondary N) is 1. The van der Waals surface area contributed by atoms with E-state index >= 15 is 0 Å². The summed E-state index contributed by atoms with van der Waals surface area (Å²) in [7, 11) is 0. The highest BCUT2D eigenvalue weighted by molar-refractivity contribution is 5.94. The lowest BCUT2D eigenvalue weighted by Crippen LogP contribution is -2.35. The standard InChI is InChI=1S/C35H40N2O6/c1-4-23-7-6-8-24(5-2)32(23)36-30(38)18-37-17-28(27-15-16-29-34(21(27)3)43-20-42-29)31(35(39)40)33(37)25-11-13-26(14-12-25)41-19-22-9-10-22/h6-8,11-16,22,28,31,33H,4-5,9-10,17-20H2,1-3H3,(H,36,38)(H,39,40)/t28-,31?,33+/m1/s1. The van der Waals surface area contributed by atoms with Gasteiger partial charge >= 0.3 is 5.97 Å². The Bertz CT molecular complexity index is 1480. The van der Waals surface area contributed by atoms with Crippen LogP contribution in [0.15, 0.2) is 54.6 Å². The topological polar surface area (TPSA) is 97.3 Å². The van der Waals surface area contributed by atoms with Crippen molar-refractivity contribution in [3.05, 3.63) is 82.4 Å². The number of anilines is 1. The van der Waals surface area contributed by atoms with Crippen LogP contribution in [-0.2, 0) is 22.4 Å². The molecule has 3 aromatic carbocycles. The number of carbonyl (C=O) groups is 2. The van der Waals surface area contributed by atoms with Crippen LogP contribution in [0, 0.1) is 18.8 Å². The summed E-state index contributed by atoms with van der Waals surface area (Å²) in [5.74, 6) is 0.555. The monoisotopic (exact) mass is 584 g/mol. The first-order valence-electron chi connectivity index (χ1n) is 15.4. The van der Waals surface area contributed by atoms with Gasteiger partial charge in [-0.25, -0.2) is 0 Å². The minimum absolute atomic E-state index is 0.0652. The van der Waals surface area contributed by atoms with Gasteiger partial charge in [-0.15, -0.1) is 0 Å². The molecule has 3 atom stereocenters. The van der Waals surface area contributed by atoms with E-state index in [0.29, 0.717) is 30.6 Å². The zero-order chi connectivity index (χ0) is 30.1. The van der Waals surface area contributed by atoms with Crippen LogP contribution in [-0.4, -0.2) is 48.4 Å². The molecule has 6 rings (SSSR count). The Morgan fingerprint density at radius 3 is 2.37 bits per heavy atom. The predicted octanol–water partition coefficient (Wildman–Crippen LogP) is 6.12.